The van der Waals surface area contributed by atoms with Gasteiger partial charge in [-0.25, -0.2) is 10.4 Å². The summed E-state index contributed by atoms with van der Waals surface area (Å²) < 4.78 is 12.6. The highest BCUT2D eigenvalue weighted by Gasteiger charge is 2.22. The summed E-state index contributed by atoms with van der Waals surface area (Å²) in [6, 6.07) is 20.7. The number of nitrogens with one attached hydrogen (secondary N) is 1. The number of anilines is 1. The van der Waals surface area contributed by atoms with Crippen LogP contribution in [0.5, 0.6) is 11.5 Å². The molecule has 9 heteroatoms. The number of hydrogen-bond donors (Lipinski definition) is 1. The van der Waals surface area contributed by atoms with Crippen LogP contribution in [0.25, 0.3) is 11.0 Å². The Bertz CT molecular complexity index is 1300. The molecular formula is C22H17N5O4. The molecule has 0 unspecified atom stereocenters. The van der Waals surface area contributed by atoms with Crippen LogP contribution in [-0.2, 0) is 6.54 Å². The van der Waals surface area contributed by atoms with E-state index in [1.807, 2.05) is 59.2 Å². The number of nitro groups is 1. The fourth-order valence-electron chi connectivity index (χ4n) is 3.45. The number of imidazole rings is 1. The molecule has 0 fully saturated rings. The zero-order valence-electron chi connectivity index (χ0n) is 16.3. The summed E-state index contributed by atoms with van der Waals surface area (Å²) in [7, 11) is 0. The van der Waals surface area contributed by atoms with Crippen molar-refractivity contribution in [3.63, 3.8) is 0 Å². The molecule has 1 aromatic heterocycles. The Morgan fingerprint density at radius 3 is 2.65 bits per heavy atom. The molecular weight excluding hydrogens is 398 g/mol. The van der Waals surface area contributed by atoms with E-state index >= 15 is 0 Å². The van der Waals surface area contributed by atoms with Crippen LogP contribution in [0.2, 0.25) is 0 Å². The van der Waals surface area contributed by atoms with E-state index in [0.29, 0.717) is 29.6 Å². The molecule has 0 saturated heterocycles. The van der Waals surface area contributed by atoms with Crippen LogP contribution in [0, 0.1) is 10.1 Å². The molecule has 9 nitrogen and oxygen atoms in total. The molecule has 0 spiro atoms. The number of aromatic nitrogens is 2. The number of ether oxygens (including phenoxy) is 2. The Labute approximate surface area is 176 Å². The minimum atomic E-state index is -0.478. The molecule has 0 bridgehead atoms. The fourth-order valence-corrected chi connectivity index (χ4v) is 3.45. The number of nitrogens with zero attached hydrogens (tertiary/aromatic N) is 4. The lowest BCUT2D eigenvalue weighted by Crippen LogP contribution is -2.05. The van der Waals surface area contributed by atoms with E-state index in [2.05, 4.69) is 15.5 Å². The Morgan fingerprint density at radius 1 is 1.10 bits per heavy atom. The number of para-hydroxylation sites is 2. The van der Waals surface area contributed by atoms with Gasteiger partial charge < -0.3 is 14.0 Å². The van der Waals surface area contributed by atoms with Gasteiger partial charge in [0.05, 0.1) is 40.3 Å². The van der Waals surface area contributed by atoms with Gasteiger partial charge in [0, 0.05) is 0 Å². The lowest BCUT2D eigenvalue weighted by molar-refractivity contribution is -0.385. The molecule has 1 N–H and O–H groups in total. The third kappa shape index (κ3) is 3.64. The van der Waals surface area contributed by atoms with E-state index in [1.54, 1.807) is 6.07 Å². The van der Waals surface area contributed by atoms with Gasteiger partial charge in [0.2, 0.25) is 12.7 Å². The van der Waals surface area contributed by atoms with E-state index in [0.717, 1.165) is 16.6 Å². The largest absolute Gasteiger partial charge is 0.454 e. The Balaban J connectivity index is 1.47. The van der Waals surface area contributed by atoms with Gasteiger partial charge in [-0.1, -0.05) is 42.5 Å². The van der Waals surface area contributed by atoms with Gasteiger partial charge in [0.1, 0.15) is 0 Å². The quantitative estimate of drug-likeness (QED) is 0.288. The molecule has 154 valence electrons. The maximum absolute atomic E-state index is 11.4. The Kier molecular flexibility index (Phi) is 4.68. The van der Waals surface area contributed by atoms with E-state index in [4.69, 9.17) is 9.47 Å². The Morgan fingerprint density at radius 2 is 1.84 bits per heavy atom. The van der Waals surface area contributed by atoms with E-state index in [9.17, 15) is 10.1 Å². The molecule has 0 radical (unpaired) electrons. The van der Waals surface area contributed by atoms with Crippen molar-refractivity contribution in [2.45, 2.75) is 6.54 Å². The molecule has 1 aliphatic heterocycles. The predicted molar refractivity (Wildman–Crippen MR) is 116 cm³/mol. The monoisotopic (exact) mass is 415 g/mol. The lowest BCUT2D eigenvalue weighted by atomic mass is 10.1. The number of hydrazone groups is 1. The summed E-state index contributed by atoms with van der Waals surface area (Å²) >= 11 is 0. The van der Waals surface area contributed by atoms with Crippen LogP contribution < -0.4 is 14.9 Å². The zero-order valence-corrected chi connectivity index (χ0v) is 16.3. The van der Waals surface area contributed by atoms with Gasteiger partial charge in [0.15, 0.2) is 11.5 Å². The summed E-state index contributed by atoms with van der Waals surface area (Å²) in [5, 5.41) is 15.7. The summed E-state index contributed by atoms with van der Waals surface area (Å²) in [6.45, 7) is 0.637. The molecule has 31 heavy (non-hydrogen) atoms. The summed E-state index contributed by atoms with van der Waals surface area (Å²) in [6.07, 6.45) is 1.38. The number of hydrogen-bond acceptors (Lipinski definition) is 7. The molecule has 0 aliphatic carbocycles. The van der Waals surface area contributed by atoms with Crippen molar-refractivity contribution in [3.8, 4) is 11.5 Å². The second-order valence-corrected chi connectivity index (χ2v) is 6.89. The minimum Gasteiger partial charge on any atom is -0.454 e. The van der Waals surface area contributed by atoms with Crippen molar-refractivity contribution in [2.24, 2.45) is 5.10 Å². The first-order valence-corrected chi connectivity index (χ1v) is 9.55. The molecule has 0 amide bonds. The number of benzene rings is 3. The molecule has 4 aromatic rings. The summed E-state index contributed by atoms with van der Waals surface area (Å²) in [5.74, 6) is 1.33. The van der Waals surface area contributed by atoms with E-state index < -0.39 is 4.92 Å². The lowest BCUT2D eigenvalue weighted by Gasteiger charge is -2.08. The van der Waals surface area contributed by atoms with Crippen LogP contribution in [0.3, 0.4) is 0 Å². The highest BCUT2D eigenvalue weighted by molar-refractivity contribution is 5.87. The normalized spacial score (nSPS) is 12.5. The van der Waals surface area contributed by atoms with Gasteiger partial charge in [-0.15, -0.1) is 0 Å². The molecule has 2 heterocycles. The number of nitro benzene ring substituents is 1. The van der Waals surface area contributed by atoms with E-state index in [1.165, 1.54) is 12.3 Å². The van der Waals surface area contributed by atoms with Crippen molar-refractivity contribution in [3.05, 3.63) is 88.0 Å². The molecule has 5 rings (SSSR count). The first-order chi connectivity index (χ1) is 15.2. The van der Waals surface area contributed by atoms with E-state index in [-0.39, 0.29) is 12.5 Å². The van der Waals surface area contributed by atoms with Gasteiger partial charge >= 0.3 is 0 Å². The molecule has 1 aliphatic rings. The maximum atomic E-state index is 11.4. The summed E-state index contributed by atoms with van der Waals surface area (Å²) in [5.41, 5.74) is 6.01. The van der Waals surface area contributed by atoms with Crippen LogP contribution in [0.4, 0.5) is 11.6 Å². The number of fused-ring (bicyclic) bond motifs is 2. The average molecular weight is 415 g/mol. The Hall–Kier alpha value is -4.40. The topological polar surface area (TPSA) is 104 Å². The third-order valence-corrected chi connectivity index (χ3v) is 4.92. The van der Waals surface area contributed by atoms with Gasteiger partial charge in [-0.2, -0.15) is 5.10 Å². The third-order valence-electron chi connectivity index (χ3n) is 4.92. The van der Waals surface area contributed by atoms with Gasteiger partial charge in [0.25, 0.3) is 5.69 Å². The van der Waals surface area contributed by atoms with Crippen molar-refractivity contribution >= 4 is 28.9 Å². The van der Waals surface area contributed by atoms with Crippen molar-refractivity contribution in [2.75, 3.05) is 12.2 Å². The van der Waals surface area contributed by atoms with Gasteiger partial charge in [-0.05, 0) is 23.8 Å². The molecule has 0 saturated carbocycles. The second kappa shape index (κ2) is 7.79. The molecule has 3 aromatic carbocycles. The second-order valence-electron chi connectivity index (χ2n) is 6.89. The standard InChI is InChI=1S/C22H17N5O4/c28-27(29)19-11-21-20(30-14-31-21)10-16(19)12-23-25-22-24-17-8-4-5-9-18(17)26(22)13-15-6-2-1-3-7-15/h1-12H,13-14H2,(H,24,25). The van der Waals surface area contributed by atoms with Crippen LogP contribution >= 0.6 is 0 Å². The van der Waals surface area contributed by atoms with Crippen molar-refractivity contribution in [1.29, 1.82) is 0 Å². The summed E-state index contributed by atoms with van der Waals surface area (Å²) in [4.78, 5) is 15.6. The number of rotatable bonds is 6. The highest BCUT2D eigenvalue weighted by atomic mass is 16.7. The highest BCUT2D eigenvalue weighted by Crippen LogP contribution is 2.37. The molecule has 0 atom stereocenters. The average Bonchev–Trinajstić information content (AvgIpc) is 3.38. The van der Waals surface area contributed by atoms with Crippen LogP contribution in [0.1, 0.15) is 11.1 Å². The predicted octanol–water partition coefficient (Wildman–Crippen LogP) is 4.17. The van der Waals surface area contributed by atoms with Crippen molar-refractivity contribution < 1.29 is 14.4 Å². The first kappa shape index (κ1) is 18.6. The zero-order chi connectivity index (χ0) is 21.2. The SMILES string of the molecule is O=[N+]([O-])c1cc2c(cc1C=NNc1nc3ccccc3n1Cc1ccccc1)OCO2. The first-order valence-electron chi connectivity index (χ1n) is 9.55. The maximum Gasteiger partial charge on any atom is 0.282 e. The smallest absolute Gasteiger partial charge is 0.282 e. The minimum absolute atomic E-state index is 0.0366. The fraction of sp³-hybridized carbons (Fsp3) is 0.0909. The van der Waals surface area contributed by atoms with Gasteiger partial charge in [-0.3, -0.25) is 10.1 Å². The van der Waals surface area contributed by atoms with Crippen LogP contribution in [0.15, 0.2) is 71.8 Å². The van der Waals surface area contributed by atoms with Crippen LogP contribution in [-0.4, -0.2) is 27.5 Å². The van der Waals surface area contributed by atoms with Crippen molar-refractivity contribution in [1.82, 2.24) is 9.55 Å².